The summed E-state index contributed by atoms with van der Waals surface area (Å²) in [6.07, 6.45) is 0. The quantitative estimate of drug-likeness (QED) is 0.806. The Bertz CT molecular complexity index is 653. The van der Waals surface area contributed by atoms with Crippen LogP contribution in [-0.4, -0.2) is 17.7 Å². The molecule has 2 aromatic carbocycles. The average Bonchev–Trinajstić information content (AvgIpc) is 2.53. The van der Waals surface area contributed by atoms with Crippen molar-refractivity contribution in [3.05, 3.63) is 65.7 Å². The van der Waals surface area contributed by atoms with E-state index in [1.165, 1.54) is 6.92 Å². The number of carbonyl (C=O) groups excluding carboxylic acids is 2. The van der Waals surface area contributed by atoms with E-state index in [9.17, 15) is 9.59 Å². The number of benzene rings is 2. The van der Waals surface area contributed by atoms with Gasteiger partial charge in [0.1, 0.15) is 0 Å². The molecule has 0 aliphatic carbocycles. The second-order valence-corrected chi connectivity index (χ2v) is 5.21. The number of amides is 1. The molecule has 2 aromatic rings. The fourth-order valence-corrected chi connectivity index (χ4v) is 2.03. The van der Waals surface area contributed by atoms with Crippen LogP contribution in [0.1, 0.15) is 29.8 Å². The predicted molar refractivity (Wildman–Crippen MR) is 87.8 cm³/mol. The van der Waals surface area contributed by atoms with Gasteiger partial charge in [0.15, 0.2) is 5.78 Å². The predicted octanol–water partition coefficient (Wildman–Crippen LogP) is 3.01. The van der Waals surface area contributed by atoms with Gasteiger partial charge in [0.2, 0.25) is 5.91 Å². The molecule has 4 nitrogen and oxygen atoms in total. The average molecular weight is 296 g/mol. The molecule has 0 aromatic heterocycles. The Morgan fingerprint density at radius 3 is 2.45 bits per heavy atom. The SMILES string of the molecule is CC(=O)c1cccc(NC(=O)[C@@H](C)NCc2ccccc2)c1. The standard InChI is InChI=1S/C18H20N2O2/c1-13(19-12-15-7-4-3-5-8-15)18(22)20-17-10-6-9-16(11-17)14(2)21/h3-11,13,19H,12H2,1-2H3,(H,20,22)/t13-/m1/s1. The molecule has 2 rings (SSSR count). The third-order valence-electron chi connectivity index (χ3n) is 3.39. The van der Waals surface area contributed by atoms with E-state index in [-0.39, 0.29) is 17.7 Å². The van der Waals surface area contributed by atoms with Crippen LogP contribution in [0.4, 0.5) is 5.69 Å². The number of rotatable bonds is 6. The zero-order chi connectivity index (χ0) is 15.9. The third-order valence-corrected chi connectivity index (χ3v) is 3.39. The lowest BCUT2D eigenvalue weighted by molar-refractivity contribution is -0.117. The van der Waals surface area contributed by atoms with Crippen LogP contribution in [0.5, 0.6) is 0 Å². The summed E-state index contributed by atoms with van der Waals surface area (Å²) in [7, 11) is 0. The summed E-state index contributed by atoms with van der Waals surface area (Å²) in [6.45, 7) is 3.95. The monoisotopic (exact) mass is 296 g/mol. The van der Waals surface area contributed by atoms with Crippen molar-refractivity contribution >= 4 is 17.4 Å². The van der Waals surface area contributed by atoms with Gasteiger partial charge >= 0.3 is 0 Å². The fourth-order valence-electron chi connectivity index (χ4n) is 2.03. The van der Waals surface area contributed by atoms with Crippen LogP contribution < -0.4 is 10.6 Å². The number of carbonyl (C=O) groups is 2. The molecule has 0 saturated carbocycles. The van der Waals surface area contributed by atoms with Crippen LogP contribution in [0.3, 0.4) is 0 Å². The highest BCUT2D eigenvalue weighted by Gasteiger charge is 2.12. The Labute approximate surface area is 130 Å². The van der Waals surface area contributed by atoms with Gasteiger partial charge in [-0.2, -0.15) is 0 Å². The molecule has 22 heavy (non-hydrogen) atoms. The summed E-state index contributed by atoms with van der Waals surface area (Å²) >= 11 is 0. The van der Waals surface area contributed by atoms with Crippen molar-refractivity contribution in [2.45, 2.75) is 26.4 Å². The van der Waals surface area contributed by atoms with Crippen LogP contribution in [-0.2, 0) is 11.3 Å². The van der Waals surface area contributed by atoms with Gasteiger partial charge < -0.3 is 10.6 Å². The summed E-state index contributed by atoms with van der Waals surface area (Å²) in [4.78, 5) is 23.5. The summed E-state index contributed by atoms with van der Waals surface area (Å²) in [5, 5.41) is 6.00. The minimum Gasteiger partial charge on any atom is -0.325 e. The molecule has 0 bridgehead atoms. The molecule has 1 atom stereocenters. The zero-order valence-electron chi connectivity index (χ0n) is 12.8. The molecule has 0 heterocycles. The van der Waals surface area contributed by atoms with Crippen molar-refractivity contribution in [2.75, 3.05) is 5.32 Å². The lowest BCUT2D eigenvalue weighted by atomic mass is 10.1. The number of anilines is 1. The Balaban J connectivity index is 1.91. The first-order valence-corrected chi connectivity index (χ1v) is 7.25. The minimum atomic E-state index is -0.332. The van der Waals surface area contributed by atoms with Gasteiger partial charge in [0, 0.05) is 17.8 Å². The van der Waals surface area contributed by atoms with Crippen LogP contribution in [0, 0.1) is 0 Å². The van der Waals surface area contributed by atoms with E-state index >= 15 is 0 Å². The van der Waals surface area contributed by atoms with Gasteiger partial charge in [0.25, 0.3) is 0 Å². The molecule has 0 fully saturated rings. The fraction of sp³-hybridized carbons (Fsp3) is 0.222. The van der Waals surface area contributed by atoms with Gasteiger partial charge in [-0.3, -0.25) is 9.59 Å². The normalized spacial score (nSPS) is 11.7. The van der Waals surface area contributed by atoms with Crippen molar-refractivity contribution in [1.82, 2.24) is 5.32 Å². The number of hydrogen-bond acceptors (Lipinski definition) is 3. The molecular weight excluding hydrogens is 276 g/mol. The highest BCUT2D eigenvalue weighted by molar-refractivity contribution is 5.98. The van der Waals surface area contributed by atoms with Crippen molar-refractivity contribution in [2.24, 2.45) is 0 Å². The van der Waals surface area contributed by atoms with Crippen molar-refractivity contribution in [3.8, 4) is 0 Å². The lowest BCUT2D eigenvalue weighted by Gasteiger charge is -2.14. The summed E-state index contributed by atoms with van der Waals surface area (Å²) in [5.41, 5.74) is 2.34. The molecule has 2 N–H and O–H groups in total. The number of ketones is 1. The molecule has 0 aliphatic rings. The second-order valence-electron chi connectivity index (χ2n) is 5.21. The maximum absolute atomic E-state index is 12.2. The first-order valence-electron chi connectivity index (χ1n) is 7.25. The number of nitrogens with one attached hydrogen (secondary N) is 2. The summed E-state index contributed by atoms with van der Waals surface area (Å²) in [5.74, 6) is -0.150. The maximum atomic E-state index is 12.2. The van der Waals surface area contributed by atoms with Crippen molar-refractivity contribution in [3.63, 3.8) is 0 Å². The van der Waals surface area contributed by atoms with Crippen molar-refractivity contribution < 1.29 is 9.59 Å². The zero-order valence-corrected chi connectivity index (χ0v) is 12.8. The topological polar surface area (TPSA) is 58.2 Å². The first-order chi connectivity index (χ1) is 10.6. The van der Waals surface area contributed by atoms with Crippen molar-refractivity contribution in [1.29, 1.82) is 0 Å². The van der Waals surface area contributed by atoms with E-state index in [1.54, 1.807) is 24.3 Å². The molecule has 0 saturated heterocycles. The molecule has 0 radical (unpaired) electrons. The Morgan fingerprint density at radius 1 is 1.05 bits per heavy atom. The highest BCUT2D eigenvalue weighted by atomic mass is 16.2. The number of hydrogen-bond donors (Lipinski definition) is 2. The van der Waals surface area contributed by atoms with E-state index in [2.05, 4.69) is 10.6 Å². The third kappa shape index (κ3) is 4.53. The number of Topliss-reactive ketones (excluding diaryl/α,β-unsaturated/α-hetero) is 1. The van der Waals surface area contributed by atoms with E-state index in [4.69, 9.17) is 0 Å². The summed E-state index contributed by atoms with van der Waals surface area (Å²) < 4.78 is 0. The van der Waals surface area contributed by atoms with Crippen LogP contribution in [0.25, 0.3) is 0 Å². The Hall–Kier alpha value is -2.46. The maximum Gasteiger partial charge on any atom is 0.241 e. The molecular formula is C18H20N2O2. The van der Waals surface area contributed by atoms with E-state index in [0.717, 1.165) is 5.56 Å². The van der Waals surface area contributed by atoms with E-state index < -0.39 is 0 Å². The molecule has 4 heteroatoms. The van der Waals surface area contributed by atoms with E-state index in [0.29, 0.717) is 17.8 Å². The Morgan fingerprint density at radius 2 is 1.77 bits per heavy atom. The highest BCUT2D eigenvalue weighted by Crippen LogP contribution is 2.11. The largest absolute Gasteiger partial charge is 0.325 e. The lowest BCUT2D eigenvalue weighted by Crippen LogP contribution is -2.37. The first kappa shape index (κ1) is 15.9. The van der Waals surface area contributed by atoms with Gasteiger partial charge in [-0.05, 0) is 31.5 Å². The van der Waals surface area contributed by atoms with Crippen LogP contribution in [0.2, 0.25) is 0 Å². The molecule has 0 aliphatic heterocycles. The van der Waals surface area contributed by atoms with Crippen LogP contribution in [0.15, 0.2) is 54.6 Å². The van der Waals surface area contributed by atoms with E-state index in [1.807, 2.05) is 37.3 Å². The molecule has 1 amide bonds. The molecule has 0 spiro atoms. The Kier molecular flexibility index (Phi) is 5.44. The van der Waals surface area contributed by atoms with Gasteiger partial charge in [0.05, 0.1) is 6.04 Å². The van der Waals surface area contributed by atoms with Gasteiger partial charge in [-0.1, -0.05) is 42.5 Å². The van der Waals surface area contributed by atoms with Gasteiger partial charge in [-0.15, -0.1) is 0 Å². The summed E-state index contributed by atoms with van der Waals surface area (Å²) in [6, 6.07) is 16.5. The smallest absolute Gasteiger partial charge is 0.241 e. The van der Waals surface area contributed by atoms with Gasteiger partial charge in [-0.25, -0.2) is 0 Å². The molecule has 0 unspecified atom stereocenters. The van der Waals surface area contributed by atoms with Crippen LogP contribution >= 0.6 is 0 Å². The molecule has 114 valence electrons. The minimum absolute atomic E-state index is 0.0219. The second kappa shape index (κ2) is 7.52.